The Bertz CT molecular complexity index is 3180. The van der Waals surface area contributed by atoms with Gasteiger partial charge in [0.25, 0.3) is 0 Å². The molecule has 0 aliphatic heterocycles. The average Bonchev–Trinajstić information content (AvgIpc) is 3.37. The van der Waals surface area contributed by atoms with Gasteiger partial charge in [-0.15, -0.1) is 0 Å². The van der Waals surface area contributed by atoms with E-state index in [1.54, 1.807) is 0 Å². The van der Waals surface area contributed by atoms with Crippen LogP contribution in [0.3, 0.4) is 0 Å². The van der Waals surface area contributed by atoms with Gasteiger partial charge in [-0.1, -0.05) is 237 Å². The van der Waals surface area contributed by atoms with Crippen LogP contribution in [0.2, 0.25) is 0 Å². The molecule has 10 aromatic rings. The van der Waals surface area contributed by atoms with Crippen LogP contribution in [0, 0.1) is 0 Å². The SMILES string of the molecule is c1ccc(-c2cccc([Si](c3ccccc3)(c3ccccc3)c3cccc4c3C3c5ccccc5C4c4cccc(-c5cc(-c6ccccc6)cc(-c6ccccc6)n5)c43)c2)cc1. The minimum absolute atomic E-state index is 0.0115. The molecule has 2 atom stereocenters. The minimum atomic E-state index is -3.04. The van der Waals surface area contributed by atoms with Crippen molar-refractivity contribution in [2.24, 2.45) is 0 Å². The molecule has 0 fully saturated rings. The Kier molecular flexibility index (Phi) is 9.05. The maximum atomic E-state index is 5.56. The van der Waals surface area contributed by atoms with E-state index in [9.17, 15) is 0 Å². The van der Waals surface area contributed by atoms with Gasteiger partial charge in [0.2, 0.25) is 0 Å². The highest BCUT2D eigenvalue weighted by atomic mass is 28.3. The summed E-state index contributed by atoms with van der Waals surface area (Å²) >= 11 is 0. The highest BCUT2D eigenvalue weighted by Gasteiger charge is 2.50. The van der Waals surface area contributed by atoms with Crippen LogP contribution in [0.15, 0.2) is 249 Å². The van der Waals surface area contributed by atoms with Gasteiger partial charge in [-0.3, -0.25) is 0 Å². The van der Waals surface area contributed by atoms with Crippen LogP contribution in [-0.4, -0.2) is 13.1 Å². The largest absolute Gasteiger partial charge is 0.248 e. The second kappa shape index (κ2) is 15.4. The van der Waals surface area contributed by atoms with E-state index >= 15 is 0 Å². The molecule has 0 radical (unpaired) electrons. The van der Waals surface area contributed by atoms with Gasteiger partial charge in [-0.05, 0) is 88.5 Å². The molecule has 63 heavy (non-hydrogen) atoms. The number of hydrogen-bond acceptors (Lipinski definition) is 1. The predicted molar refractivity (Wildman–Crippen MR) is 264 cm³/mol. The summed E-state index contributed by atoms with van der Waals surface area (Å²) in [5.74, 6) is 0.0680. The van der Waals surface area contributed by atoms with E-state index in [2.05, 4.69) is 249 Å². The molecule has 2 unspecified atom stereocenters. The molecule has 1 aromatic heterocycles. The lowest BCUT2D eigenvalue weighted by atomic mass is 9.60. The molecule has 0 spiro atoms. The average molecular weight is 818 g/mol. The summed E-state index contributed by atoms with van der Waals surface area (Å²) in [6.07, 6.45) is 0. The van der Waals surface area contributed by atoms with E-state index in [1.807, 2.05) is 0 Å². The second-order valence-corrected chi connectivity index (χ2v) is 20.7. The van der Waals surface area contributed by atoms with Crippen molar-refractivity contribution in [2.45, 2.75) is 11.8 Å². The standard InChI is InChI=1S/C61H43NSi/c1-6-21-42(22-7-1)45-27-18-32-49(39-45)63(47-28-12-4-13-29-47,48-30-14-5-15-31-48)57-38-20-37-54-58-50-33-16-17-34-51(50)61(60(54)57)59-52(35-19-36-53(58)59)56-41-46(43-23-8-2-9-24-43)40-55(62-56)44-25-10-3-11-26-44/h1-41,58,61H. The van der Waals surface area contributed by atoms with Crippen LogP contribution in [-0.2, 0) is 0 Å². The smallest absolute Gasteiger partial charge is 0.179 e. The van der Waals surface area contributed by atoms with Crippen molar-refractivity contribution in [1.82, 2.24) is 4.98 Å². The molecule has 3 aliphatic carbocycles. The van der Waals surface area contributed by atoms with Crippen LogP contribution in [0.1, 0.15) is 45.2 Å². The van der Waals surface area contributed by atoms with Crippen molar-refractivity contribution in [3.05, 3.63) is 282 Å². The zero-order valence-corrected chi connectivity index (χ0v) is 35.8. The number of hydrogen-bond donors (Lipinski definition) is 0. The van der Waals surface area contributed by atoms with Gasteiger partial charge < -0.3 is 0 Å². The molecule has 13 rings (SSSR count). The number of rotatable bonds is 8. The first kappa shape index (κ1) is 37.1. The molecule has 0 amide bonds. The van der Waals surface area contributed by atoms with Gasteiger partial charge in [-0.25, -0.2) is 4.98 Å². The zero-order chi connectivity index (χ0) is 41.7. The molecule has 0 N–H and O–H groups in total. The number of benzene rings is 9. The lowest BCUT2D eigenvalue weighted by Gasteiger charge is -2.47. The normalized spacial score (nSPS) is 14.7. The molecule has 9 aromatic carbocycles. The van der Waals surface area contributed by atoms with Crippen molar-refractivity contribution in [1.29, 1.82) is 0 Å². The summed E-state index contributed by atoms with van der Waals surface area (Å²) < 4.78 is 0. The Morgan fingerprint density at radius 3 is 1.37 bits per heavy atom. The zero-order valence-electron chi connectivity index (χ0n) is 34.8. The van der Waals surface area contributed by atoms with E-state index in [-0.39, 0.29) is 11.8 Å². The van der Waals surface area contributed by atoms with Gasteiger partial charge in [0, 0.05) is 23.0 Å². The Labute approximate surface area is 370 Å². The summed E-state index contributed by atoms with van der Waals surface area (Å²) in [4.78, 5) is 5.56. The number of nitrogens with zero attached hydrogens (tertiary/aromatic N) is 1. The lowest BCUT2D eigenvalue weighted by Crippen LogP contribution is -2.75. The van der Waals surface area contributed by atoms with Crippen LogP contribution < -0.4 is 20.7 Å². The summed E-state index contributed by atoms with van der Waals surface area (Å²) in [7, 11) is -3.04. The molecular weight excluding hydrogens is 775 g/mol. The second-order valence-electron chi connectivity index (χ2n) is 16.9. The van der Waals surface area contributed by atoms with Crippen LogP contribution >= 0.6 is 0 Å². The fourth-order valence-corrected chi connectivity index (χ4v) is 16.1. The van der Waals surface area contributed by atoms with Crippen LogP contribution in [0.4, 0.5) is 0 Å². The Morgan fingerprint density at radius 1 is 0.286 bits per heavy atom. The molecule has 1 nitrogen and oxygen atoms in total. The Hall–Kier alpha value is -7.65. The third kappa shape index (κ3) is 6.02. The van der Waals surface area contributed by atoms with Crippen LogP contribution in [0.5, 0.6) is 0 Å². The van der Waals surface area contributed by atoms with Gasteiger partial charge >= 0.3 is 0 Å². The number of aromatic nitrogens is 1. The highest BCUT2D eigenvalue weighted by Crippen LogP contribution is 2.57. The number of pyridine rings is 1. The summed E-state index contributed by atoms with van der Waals surface area (Å²) in [5, 5.41) is 5.58. The summed E-state index contributed by atoms with van der Waals surface area (Å²) in [5.41, 5.74) is 17.5. The van der Waals surface area contributed by atoms with E-state index in [1.165, 1.54) is 76.4 Å². The highest BCUT2D eigenvalue weighted by molar-refractivity contribution is 7.20. The summed E-state index contributed by atoms with van der Waals surface area (Å²) in [6, 6.07) is 92.7. The molecule has 2 heteroatoms. The fraction of sp³-hybridized carbons (Fsp3) is 0.0328. The van der Waals surface area contributed by atoms with E-state index in [0.29, 0.717) is 0 Å². The van der Waals surface area contributed by atoms with E-state index in [4.69, 9.17) is 4.98 Å². The van der Waals surface area contributed by atoms with Crippen LogP contribution in [0.25, 0.3) is 44.8 Å². The van der Waals surface area contributed by atoms with Gasteiger partial charge in [0.1, 0.15) is 0 Å². The van der Waals surface area contributed by atoms with Crippen molar-refractivity contribution in [3.63, 3.8) is 0 Å². The minimum Gasteiger partial charge on any atom is -0.248 e. The van der Waals surface area contributed by atoms with E-state index in [0.717, 1.165) is 22.5 Å². The fourth-order valence-electron chi connectivity index (χ4n) is 11.0. The Balaban J connectivity index is 1.16. The monoisotopic (exact) mass is 817 g/mol. The lowest BCUT2D eigenvalue weighted by molar-refractivity contribution is 0.759. The first-order valence-corrected chi connectivity index (χ1v) is 24.0. The van der Waals surface area contributed by atoms with Gasteiger partial charge in [-0.2, -0.15) is 0 Å². The third-order valence-electron chi connectivity index (χ3n) is 13.6. The summed E-state index contributed by atoms with van der Waals surface area (Å²) in [6.45, 7) is 0. The molecule has 0 saturated carbocycles. The molecule has 0 saturated heterocycles. The predicted octanol–water partition coefficient (Wildman–Crippen LogP) is 12.1. The van der Waals surface area contributed by atoms with Gasteiger partial charge in [0.15, 0.2) is 8.07 Å². The maximum Gasteiger partial charge on any atom is 0.179 e. The molecule has 296 valence electrons. The van der Waals surface area contributed by atoms with Crippen molar-refractivity contribution in [2.75, 3.05) is 0 Å². The van der Waals surface area contributed by atoms with Crippen molar-refractivity contribution in [3.8, 4) is 44.8 Å². The first-order valence-electron chi connectivity index (χ1n) is 22.0. The van der Waals surface area contributed by atoms with Crippen molar-refractivity contribution >= 4 is 28.8 Å². The molecule has 1 heterocycles. The molecule has 3 aliphatic rings. The molecule has 2 bridgehead atoms. The third-order valence-corrected chi connectivity index (χ3v) is 18.4. The first-order chi connectivity index (χ1) is 31.3. The van der Waals surface area contributed by atoms with Crippen molar-refractivity contribution < 1.29 is 0 Å². The quantitative estimate of drug-likeness (QED) is 0.110. The Morgan fingerprint density at radius 2 is 0.730 bits per heavy atom. The van der Waals surface area contributed by atoms with Gasteiger partial charge in [0.05, 0.1) is 11.4 Å². The molecular formula is C61H43NSi. The topological polar surface area (TPSA) is 12.9 Å². The van der Waals surface area contributed by atoms with E-state index < -0.39 is 8.07 Å². The maximum absolute atomic E-state index is 5.56.